The third kappa shape index (κ3) is 3.97. The summed E-state index contributed by atoms with van der Waals surface area (Å²) in [6.07, 6.45) is 0. The van der Waals surface area contributed by atoms with Crippen molar-refractivity contribution in [3.05, 3.63) is 35.3 Å². The Bertz CT molecular complexity index is 696. The second-order valence-corrected chi connectivity index (χ2v) is 6.44. The summed E-state index contributed by atoms with van der Waals surface area (Å²) in [6, 6.07) is 7.27. The number of ether oxygens (including phenoxy) is 2. The van der Waals surface area contributed by atoms with Gasteiger partial charge in [0.15, 0.2) is 11.7 Å². The highest BCUT2D eigenvalue weighted by molar-refractivity contribution is 7.13. The number of piperazine rings is 1. The van der Waals surface area contributed by atoms with Crippen LogP contribution in [-0.4, -0.2) is 55.7 Å². The van der Waals surface area contributed by atoms with Crippen LogP contribution in [0.2, 0.25) is 0 Å². The van der Waals surface area contributed by atoms with E-state index in [0.29, 0.717) is 24.6 Å². The molecule has 2 aromatic rings. The number of carbonyl (C=O) groups excluding carboxylic acids is 1. The number of hydrogen-bond acceptors (Lipinski definition) is 6. The summed E-state index contributed by atoms with van der Waals surface area (Å²) >= 11 is 1.65. The van der Waals surface area contributed by atoms with Crippen molar-refractivity contribution in [2.45, 2.75) is 6.92 Å². The van der Waals surface area contributed by atoms with E-state index in [9.17, 15) is 4.79 Å². The number of aromatic nitrogens is 1. The highest BCUT2D eigenvalue weighted by atomic mass is 32.1. The molecule has 0 N–H and O–H groups in total. The maximum absolute atomic E-state index is 12.3. The quantitative estimate of drug-likeness (QED) is 0.830. The van der Waals surface area contributed by atoms with Gasteiger partial charge in [0.25, 0.3) is 5.91 Å². The van der Waals surface area contributed by atoms with Crippen LogP contribution in [-0.2, 0) is 4.79 Å². The molecule has 1 aromatic heterocycles. The average Bonchev–Trinajstić information content (AvgIpc) is 3.06. The van der Waals surface area contributed by atoms with E-state index in [-0.39, 0.29) is 12.5 Å². The minimum atomic E-state index is 0.00721. The summed E-state index contributed by atoms with van der Waals surface area (Å²) in [6.45, 7) is 5.03. The molecule has 0 unspecified atom stereocenters. The summed E-state index contributed by atoms with van der Waals surface area (Å²) in [5.74, 6) is 1.36. The Morgan fingerprint density at radius 1 is 1.25 bits per heavy atom. The molecule has 0 aliphatic carbocycles. The molecule has 1 amide bonds. The molecule has 0 spiro atoms. The van der Waals surface area contributed by atoms with E-state index in [0.717, 1.165) is 23.9 Å². The molecule has 0 atom stereocenters. The fourth-order valence-corrected chi connectivity index (χ4v) is 3.42. The Balaban J connectivity index is 1.48. The summed E-state index contributed by atoms with van der Waals surface area (Å²) in [5.41, 5.74) is 1.04. The van der Waals surface area contributed by atoms with Gasteiger partial charge in [-0.3, -0.25) is 4.79 Å². The number of aryl methyl sites for hydroxylation is 1. The number of amides is 1. The van der Waals surface area contributed by atoms with Gasteiger partial charge in [-0.2, -0.15) is 0 Å². The molecule has 0 radical (unpaired) electrons. The average molecular weight is 347 g/mol. The molecule has 1 saturated heterocycles. The van der Waals surface area contributed by atoms with Crippen LogP contribution in [0.15, 0.2) is 29.6 Å². The van der Waals surface area contributed by atoms with Crippen molar-refractivity contribution in [2.24, 2.45) is 0 Å². The van der Waals surface area contributed by atoms with Crippen LogP contribution in [0.4, 0.5) is 5.13 Å². The maximum Gasteiger partial charge on any atom is 0.260 e. The predicted molar refractivity (Wildman–Crippen MR) is 94.1 cm³/mol. The molecule has 128 valence electrons. The fourth-order valence-electron chi connectivity index (χ4n) is 2.56. The monoisotopic (exact) mass is 347 g/mol. The van der Waals surface area contributed by atoms with Crippen LogP contribution >= 0.6 is 11.3 Å². The first-order valence-electron chi connectivity index (χ1n) is 7.87. The summed E-state index contributed by atoms with van der Waals surface area (Å²) in [5, 5.41) is 3.08. The van der Waals surface area contributed by atoms with Gasteiger partial charge in [0, 0.05) is 37.6 Å². The second kappa shape index (κ2) is 7.53. The van der Waals surface area contributed by atoms with Crippen molar-refractivity contribution in [1.29, 1.82) is 0 Å². The maximum atomic E-state index is 12.3. The Morgan fingerprint density at radius 3 is 2.67 bits per heavy atom. The van der Waals surface area contributed by atoms with E-state index in [2.05, 4.69) is 15.3 Å². The lowest BCUT2D eigenvalue weighted by atomic mass is 10.3. The molecule has 6 nitrogen and oxygen atoms in total. The van der Waals surface area contributed by atoms with Crippen LogP contribution < -0.4 is 14.4 Å². The predicted octanol–water partition coefficient (Wildman–Crippen LogP) is 2.19. The molecule has 1 aliphatic rings. The Hall–Kier alpha value is -2.28. The minimum absolute atomic E-state index is 0.00721. The van der Waals surface area contributed by atoms with Gasteiger partial charge >= 0.3 is 0 Å². The molecular formula is C17H21N3O3S. The molecule has 0 bridgehead atoms. The van der Waals surface area contributed by atoms with Crippen molar-refractivity contribution in [3.8, 4) is 11.5 Å². The van der Waals surface area contributed by atoms with Gasteiger partial charge < -0.3 is 19.3 Å². The zero-order chi connectivity index (χ0) is 16.9. The molecular weight excluding hydrogens is 326 g/mol. The molecule has 7 heteroatoms. The summed E-state index contributed by atoms with van der Waals surface area (Å²) in [7, 11) is 1.60. The zero-order valence-corrected chi connectivity index (χ0v) is 14.7. The van der Waals surface area contributed by atoms with Crippen LogP contribution in [0.25, 0.3) is 0 Å². The minimum Gasteiger partial charge on any atom is -0.497 e. The topological polar surface area (TPSA) is 54.9 Å². The van der Waals surface area contributed by atoms with Crippen molar-refractivity contribution < 1.29 is 14.3 Å². The molecule has 1 fully saturated rings. The van der Waals surface area contributed by atoms with Gasteiger partial charge in [-0.1, -0.05) is 6.07 Å². The third-order valence-electron chi connectivity index (χ3n) is 3.91. The zero-order valence-electron chi connectivity index (χ0n) is 13.9. The van der Waals surface area contributed by atoms with Crippen LogP contribution in [0, 0.1) is 6.92 Å². The first-order chi connectivity index (χ1) is 11.7. The van der Waals surface area contributed by atoms with E-state index < -0.39 is 0 Å². The molecule has 3 rings (SSSR count). The molecule has 24 heavy (non-hydrogen) atoms. The number of thiazole rings is 1. The van der Waals surface area contributed by atoms with Crippen LogP contribution in [0.1, 0.15) is 5.69 Å². The van der Waals surface area contributed by atoms with Crippen molar-refractivity contribution in [3.63, 3.8) is 0 Å². The van der Waals surface area contributed by atoms with Gasteiger partial charge in [0.1, 0.15) is 11.5 Å². The number of anilines is 1. The van der Waals surface area contributed by atoms with E-state index in [1.807, 2.05) is 30.0 Å². The molecule has 1 aromatic carbocycles. The lowest BCUT2D eigenvalue weighted by Gasteiger charge is -2.34. The number of hydrogen-bond donors (Lipinski definition) is 0. The SMILES string of the molecule is COc1cccc(OCC(=O)N2CCN(c3nc(C)cs3)CC2)c1. The first kappa shape index (κ1) is 16.6. The molecule has 2 heterocycles. The van der Waals surface area contributed by atoms with Crippen molar-refractivity contribution in [1.82, 2.24) is 9.88 Å². The normalized spacial score (nSPS) is 14.6. The van der Waals surface area contributed by atoms with Gasteiger partial charge in [-0.15, -0.1) is 11.3 Å². The number of benzene rings is 1. The summed E-state index contributed by atoms with van der Waals surface area (Å²) in [4.78, 5) is 20.9. The standard InChI is InChI=1S/C17H21N3O3S/c1-13-12-24-17(18-13)20-8-6-19(7-9-20)16(21)11-23-15-5-3-4-14(10-15)22-2/h3-5,10,12H,6-9,11H2,1-2H3. The lowest BCUT2D eigenvalue weighted by Crippen LogP contribution is -2.50. The Labute approximate surface area is 145 Å². The fraction of sp³-hybridized carbons (Fsp3) is 0.412. The van der Waals surface area contributed by atoms with Crippen LogP contribution in [0.5, 0.6) is 11.5 Å². The smallest absolute Gasteiger partial charge is 0.260 e. The molecule has 1 aliphatic heterocycles. The van der Waals surface area contributed by atoms with Gasteiger partial charge in [0.2, 0.25) is 0 Å². The number of methoxy groups -OCH3 is 1. The van der Waals surface area contributed by atoms with Gasteiger partial charge in [-0.25, -0.2) is 4.98 Å². The highest BCUT2D eigenvalue weighted by Crippen LogP contribution is 2.22. The van der Waals surface area contributed by atoms with Gasteiger partial charge in [0.05, 0.1) is 12.8 Å². The largest absolute Gasteiger partial charge is 0.497 e. The van der Waals surface area contributed by atoms with Crippen molar-refractivity contribution in [2.75, 3.05) is 44.8 Å². The highest BCUT2D eigenvalue weighted by Gasteiger charge is 2.22. The Morgan fingerprint density at radius 2 is 2.00 bits per heavy atom. The van der Waals surface area contributed by atoms with E-state index in [1.165, 1.54) is 0 Å². The van der Waals surface area contributed by atoms with E-state index >= 15 is 0 Å². The number of rotatable bonds is 5. The first-order valence-corrected chi connectivity index (χ1v) is 8.75. The van der Waals surface area contributed by atoms with Crippen LogP contribution in [0.3, 0.4) is 0 Å². The third-order valence-corrected chi connectivity index (χ3v) is 4.93. The van der Waals surface area contributed by atoms with E-state index in [4.69, 9.17) is 9.47 Å². The number of nitrogens with zero attached hydrogens (tertiary/aromatic N) is 3. The van der Waals surface area contributed by atoms with E-state index in [1.54, 1.807) is 24.5 Å². The lowest BCUT2D eigenvalue weighted by molar-refractivity contribution is -0.133. The summed E-state index contributed by atoms with van der Waals surface area (Å²) < 4.78 is 10.7. The molecule has 0 saturated carbocycles. The second-order valence-electron chi connectivity index (χ2n) is 5.61. The van der Waals surface area contributed by atoms with Crippen molar-refractivity contribution >= 4 is 22.4 Å². The number of carbonyl (C=O) groups is 1. The Kier molecular flexibility index (Phi) is 5.20. The van der Waals surface area contributed by atoms with Gasteiger partial charge in [-0.05, 0) is 19.1 Å².